The predicted octanol–water partition coefficient (Wildman–Crippen LogP) is 3.98. The molecule has 3 nitrogen and oxygen atoms in total. The topological polar surface area (TPSA) is 37.8 Å². The Labute approximate surface area is 134 Å². The molecule has 21 heavy (non-hydrogen) atoms. The summed E-state index contributed by atoms with van der Waals surface area (Å²) in [4.78, 5) is 10.5. The van der Waals surface area contributed by atoms with Crippen molar-refractivity contribution in [2.45, 2.75) is 43.5 Å². The number of hydrogen-bond donors (Lipinski definition) is 1. The second-order valence-corrected chi connectivity index (χ2v) is 6.51. The molecule has 0 saturated heterocycles. The van der Waals surface area contributed by atoms with Crippen LogP contribution in [-0.4, -0.2) is 9.97 Å². The average Bonchev–Trinajstić information content (AvgIpc) is 2.95. The summed E-state index contributed by atoms with van der Waals surface area (Å²) < 4.78 is 0. The lowest BCUT2D eigenvalue weighted by atomic mass is 10.1. The SMILES string of the molecule is CCCc1nc(CSc2ccccc2Cl)nc2c1CNC2. The van der Waals surface area contributed by atoms with Gasteiger partial charge in [0.2, 0.25) is 0 Å². The summed E-state index contributed by atoms with van der Waals surface area (Å²) in [5, 5.41) is 4.16. The van der Waals surface area contributed by atoms with Crippen LogP contribution in [0.25, 0.3) is 0 Å². The Bertz CT molecular complexity index is 645. The minimum Gasteiger partial charge on any atom is -0.307 e. The molecule has 3 rings (SSSR count). The number of hydrogen-bond acceptors (Lipinski definition) is 4. The van der Waals surface area contributed by atoms with Gasteiger partial charge in [-0.1, -0.05) is 37.1 Å². The van der Waals surface area contributed by atoms with Crippen LogP contribution in [-0.2, 0) is 25.3 Å². The predicted molar refractivity (Wildman–Crippen MR) is 87.6 cm³/mol. The number of benzene rings is 1. The zero-order valence-electron chi connectivity index (χ0n) is 12.0. The van der Waals surface area contributed by atoms with Gasteiger partial charge < -0.3 is 5.32 Å². The fourth-order valence-electron chi connectivity index (χ4n) is 2.51. The Hall–Kier alpha value is -1.10. The maximum atomic E-state index is 6.19. The number of thioether (sulfide) groups is 1. The first-order chi connectivity index (χ1) is 10.3. The van der Waals surface area contributed by atoms with E-state index >= 15 is 0 Å². The Morgan fingerprint density at radius 1 is 1.24 bits per heavy atom. The van der Waals surface area contributed by atoms with E-state index in [0.29, 0.717) is 0 Å². The van der Waals surface area contributed by atoms with Crippen molar-refractivity contribution in [2.75, 3.05) is 0 Å². The standard InChI is InChI=1S/C16H18ClN3S/c1-2-5-13-11-8-18-9-14(11)20-16(19-13)10-21-15-7-4-3-6-12(15)17/h3-4,6-7,18H,2,5,8-10H2,1H3. The summed E-state index contributed by atoms with van der Waals surface area (Å²) >= 11 is 7.89. The lowest BCUT2D eigenvalue weighted by Crippen LogP contribution is -2.05. The van der Waals surface area contributed by atoms with E-state index in [1.54, 1.807) is 11.8 Å². The Balaban J connectivity index is 1.80. The largest absolute Gasteiger partial charge is 0.307 e. The smallest absolute Gasteiger partial charge is 0.139 e. The van der Waals surface area contributed by atoms with Crippen LogP contribution in [0, 0.1) is 0 Å². The zero-order chi connectivity index (χ0) is 14.7. The fourth-order valence-corrected chi connectivity index (χ4v) is 3.60. The maximum absolute atomic E-state index is 6.19. The molecule has 0 radical (unpaired) electrons. The lowest BCUT2D eigenvalue weighted by molar-refractivity contribution is 0.753. The Kier molecular flexibility index (Phi) is 4.78. The summed E-state index contributed by atoms with van der Waals surface area (Å²) in [6, 6.07) is 7.91. The van der Waals surface area contributed by atoms with Crippen molar-refractivity contribution >= 4 is 23.4 Å². The van der Waals surface area contributed by atoms with Gasteiger partial charge in [0.15, 0.2) is 0 Å². The van der Waals surface area contributed by atoms with Gasteiger partial charge in [-0.2, -0.15) is 0 Å². The van der Waals surface area contributed by atoms with Crippen LogP contribution in [0.15, 0.2) is 29.2 Å². The van der Waals surface area contributed by atoms with Crippen molar-refractivity contribution in [3.8, 4) is 0 Å². The summed E-state index contributed by atoms with van der Waals surface area (Å²) in [7, 11) is 0. The highest BCUT2D eigenvalue weighted by molar-refractivity contribution is 7.98. The highest BCUT2D eigenvalue weighted by atomic mass is 35.5. The van der Waals surface area contributed by atoms with Crippen LogP contribution in [0.1, 0.15) is 36.1 Å². The summed E-state index contributed by atoms with van der Waals surface area (Å²) in [6.45, 7) is 3.95. The first kappa shape index (κ1) is 14.8. The molecule has 1 aliphatic heterocycles. The third-order valence-corrected chi connectivity index (χ3v) is 5.01. The van der Waals surface area contributed by atoms with E-state index in [4.69, 9.17) is 21.6 Å². The molecule has 110 valence electrons. The van der Waals surface area contributed by atoms with Gasteiger partial charge >= 0.3 is 0 Å². The molecule has 1 aromatic heterocycles. The second-order valence-electron chi connectivity index (χ2n) is 5.08. The first-order valence-corrected chi connectivity index (χ1v) is 8.60. The van der Waals surface area contributed by atoms with Crippen molar-refractivity contribution in [3.63, 3.8) is 0 Å². The molecular formula is C16H18ClN3S. The van der Waals surface area contributed by atoms with Crippen LogP contribution in [0.5, 0.6) is 0 Å². The van der Waals surface area contributed by atoms with Gasteiger partial charge in [-0.25, -0.2) is 9.97 Å². The molecule has 1 aliphatic rings. The summed E-state index contributed by atoms with van der Waals surface area (Å²) in [5.74, 6) is 1.67. The number of aromatic nitrogens is 2. The molecule has 0 atom stereocenters. The molecule has 2 heterocycles. The maximum Gasteiger partial charge on any atom is 0.139 e. The van der Waals surface area contributed by atoms with E-state index in [1.807, 2.05) is 24.3 Å². The van der Waals surface area contributed by atoms with E-state index in [2.05, 4.69) is 12.2 Å². The van der Waals surface area contributed by atoms with Gasteiger partial charge in [-0.05, 0) is 18.6 Å². The molecule has 0 aliphatic carbocycles. The van der Waals surface area contributed by atoms with Gasteiger partial charge in [-0.3, -0.25) is 0 Å². The zero-order valence-corrected chi connectivity index (χ0v) is 13.6. The molecule has 0 unspecified atom stereocenters. The van der Waals surface area contributed by atoms with Crippen LogP contribution < -0.4 is 5.32 Å². The molecule has 0 saturated carbocycles. The number of halogens is 1. The van der Waals surface area contributed by atoms with Gasteiger partial charge in [0.25, 0.3) is 0 Å². The Morgan fingerprint density at radius 3 is 2.90 bits per heavy atom. The van der Waals surface area contributed by atoms with E-state index in [9.17, 15) is 0 Å². The van der Waals surface area contributed by atoms with Gasteiger partial charge in [0.05, 0.1) is 16.5 Å². The van der Waals surface area contributed by atoms with Crippen LogP contribution in [0.4, 0.5) is 0 Å². The number of nitrogens with one attached hydrogen (secondary N) is 1. The van der Waals surface area contributed by atoms with Crippen molar-refractivity contribution in [1.82, 2.24) is 15.3 Å². The number of rotatable bonds is 5. The van der Waals surface area contributed by atoms with Crippen molar-refractivity contribution in [1.29, 1.82) is 0 Å². The molecule has 2 aromatic rings. The number of aryl methyl sites for hydroxylation is 1. The molecular weight excluding hydrogens is 302 g/mol. The lowest BCUT2D eigenvalue weighted by Gasteiger charge is -2.09. The van der Waals surface area contributed by atoms with Gasteiger partial charge in [-0.15, -0.1) is 11.8 Å². The highest BCUT2D eigenvalue weighted by Gasteiger charge is 2.18. The number of fused-ring (bicyclic) bond motifs is 1. The minimum absolute atomic E-state index is 0.758. The summed E-state index contributed by atoms with van der Waals surface area (Å²) in [6.07, 6.45) is 2.14. The molecule has 0 bridgehead atoms. The van der Waals surface area contributed by atoms with E-state index in [-0.39, 0.29) is 0 Å². The number of nitrogens with zero attached hydrogens (tertiary/aromatic N) is 2. The molecule has 0 spiro atoms. The van der Waals surface area contributed by atoms with Crippen molar-refractivity contribution in [2.24, 2.45) is 0 Å². The van der Waals surface area contributed by atoms with Crippen LogP contribution >= 0.6 is 23.4 Å². The van der Waals surface area contributed by atoms with E-state index in [0.717, 1.165) is 47.4 Å². The molecule has 0 fully saturated rings. The minimum atomic E-state index is 0.758. The van der Waals surface area contributed by atoms with Crippen molar-refractivity contribution < 1.29 is 0 Å². The molecule has 1 N–H and O–H groups in total. The monoisotopic (exact) mass is 319 g/mol. The van der Waals surface area contributed by atoms with E-state index in [1.165, 1.54) is 17.0 Å². The third kappa shape index (κ3) is 3.39. The van der Waals surface area contributed by atoms with Crippen molar-refractivity contribution in [3.05, 3.63) is 52.1 Å². The molecule has 5 heteroatoms. The van der Waals surface area contributed by atoms with Crippen LogP contribution in [0.3, 0.4) is 0 Å². The van der Waals surface area contributed by atoms with Gasteiger partial charge in [0.1, 0.15) is 5.82 Å². The first-order valence-electron chi connectivity index (χ1n) is 7.23. The molecule has 1 aromatic carbocycles. The molecule has 0 amide bonds. The van der Waals surface area contributed by atoms with Crippen LogP contribution in [0.2, 0.25) is 5.02 Å². The van der Waals surface area contributed by atoms with E-state index < -0.39 is 0 Å². The third-order valence-electron chi connectivity index (χ3n) is 3.50. The second kappa shape index (κ2) is 6.77. The Morgan fingerprint density at radius 2 is 2.10 bits per heavy atom. The summed E-state index contributed by atoms with van der Waals surface area (Å²) in [5.41, 5.74) is 3.69. The average molecular weight is 320 g/mol. The van der Waals surface area contributed by atoms with Gasteiger partial charge in [0, 0.05) is 29.2 Å². The quantitative estimate of drug-likeness (QED) is 0.846. The highest BCUT2D eigenvalue weighted by Crippen LogP contribution is 2.29. The fraction of sp³-hybridized carbons (Fsp3) is 0.375. The normalized spacial score (nSPS) is 13.4.